The van der Waals surface area contributed by atoms with E-state index < -0.39 is 0 Å². The van der Waals surface area contributed by atoms with E-state index in [9.17, 15) is 0 Å². The van der Waals surface area contributed by atoms with Gasteiger partial charge >= 0.3 is 0 Å². The Kier molecular flexibility index (Phi) is 3.71. The molecule has 0 bridgehead atoms. The van der Waals surface area contributed by atoms with E-state index in [-0.39, 0.29) is 11.6 Å². The van der Waals surface area contributed by atoms with Crippen LogP contribution in [0.15, 0.2) is 0 Å². The number of rotatable bonds is 3. The molecule has 1 fully saturated rings. The van der Waals surface area contributed by atoms with Crippen LogP contribution in [0.4, 0.5) is 0 Å². The highest BCUT2D eigenvalue weighted by atomic mass is 16.5. The maximum absolute atomic E-state index is 8.53. The van der Waals surface area contributed by atoms with Crippen molar-refractivity contribution in [1.82, 2.24) is 0 Å². The van der Waals surface area contributed by atoms with E-state index in [1.54, 1.807) is 6.92 Å². The topological polar surface area (TPSA) is 59.0 Å². The summed E-state index contributed by atoms with van der Waals surface area (Å²) < 4.78 is 5.35. The summed E-state index contributed by atoms with van der Waals surface area (Å²) in [7, 11) is 0. The smallest absolute Gasteiger partial charge is 0.141 e. The number of hydrogen-bond donors (Lipinski definition) is 1. The largest absolute Gasteiger partial charge is 0.362 e. The first-order valence-electron chi connectivity index (χ1n) is 4.96. The lowest BCUT2D eigenvalue weighted by Crippen LogP contribution is -2.46. The molecular weight excluding hydrogens is 164 g/mol. The number of ether oxygens (including phenoxy) is 1. The van der Waals surface area contributed by atoms with Crippen molar-refractivity contribution < 1.29 is 4.74 Å². The van der Waals surface area contributed by atoms with Gasteiger partial charge in [-0.25, -0.2) is 0 Å². The van der Waals surface area contributed by atoms with Gasteiger partial charge in [0.25, 0.3) is 0 Å². The summed E-state index contributed by atoms with van der Waals surface area (Å²) in [5.74, 6) is 0. The molecule has 3 nitrogen and oxygen atoms in total. The number of hydrogen-bond acceptors (Lipinski definition) is 3. The van der Waals surface area contributed by atoms with Crippen molar-refractivity contribution >= 4 is 0 Å². The highest BCUT2D eigenvalue weighted by Crippen LogP contribution is 2.26. The highest BCUT2D eigenvalue weighted by Gasteiger charge is 2.28. The van der Waals surface area contributed by atoms with E-state index in [0.717, 1.165) is 12.8 Å². The zero-order valence-corrected chi connectivity index (χ0v) is 8.25. The predicted molar refractivity (Wildman–Crippen MR) is 51.0 cm³/mol. The molecule has 0 aromatic carbocycles. The van der Waals surface area contributed by atoms with Gasteiger partial charge in [-0.3, -0.25) is 0 Å². The first kappa shape index (κ1) is 10.5. The fourth-order valence-corrected chi connectivity index (χ4v) is 1.73. The van der Waals surface area contributed by atoms with E-state index in [2.05, 4.69) is 0 Å². The average molecular weight is 182 g/mol. The lowest BCUT2D eigenvalue weighted by Gasteiger charge is -2.33. The van der Waals surface area contributed by atoms with Crippen molar-refractivity contribution in [3.05, 3.63) is 0 Å². The van der Waals surface area contributed by atoms with Gasteiger partial charge in [-0.2, -0.15) is 5.26 Å². The molecule has 3 heteroatoms. The highest BCUT2D eigenvalue weighted by molar-refractivity contribution is 4.89. The van der Waals surface area contributed by atoms with Crippen LogP contribution in [-0.4, -0.2) is 18.2 Å². The van der Waals surface area contributed by atoms with Crippen molar-refractivity contribution in [1.29, 1.82) is 5.26 Å². The van der Waals surface area contributed by atoms with Gasteiger partial charge in [-0.05, 0) is 19.8 Å². The molecule has 74 valence electrons. The average Bonchev–Trinajstić information content (AvgIpc) is 2.15. The summed E-state index contributed by atoms with van der Waals surface area (Å²) in [5, 5.41) is 8.53. The van der Waals surface area contributed by atoms with Crippen LogP contribution < -0.4 is 5.73 Å². The second-order valence-electron chi connectivity index (χ2n) is 4.01. The fraction of sp³-hybridized carbons (Fsp3) is 0.900. The third-order valence-corrected chi connectivity index (χ3v) is 2.65. The number of nitriles is 1. The zero-order valence-electron chi connectivity index (χ0n) is 8.25. The van der Waals surface area contributed by atoms with Crippen LogP contribution in [0.3, 0.4) is 0 Å². The molecule has 0 aromatic rings. The maximum atomic E-state index is 8.53. The molecule has 0 radical (unpaired) electrons. The Balaban J connectivity index is 2.29. The van der Waals surface area contributed by atoms with Crippen molar-refractivity contribution in [3.8, 4) is 6.07 Å². The van der Waals surface area contributed by atoms with Gasteiger partial charge in [0.05, 0.1) is 12.7 Å². The quantitative estimate of drug-likeness (QED) is 0.720. The van der Waals surface area contributed by atoms with E-state index in [0.29, 0.717) is 6.61 Å². The van der Waals surface area contributed by atoms with Crippen LogP contribution in [0.25, 0.3) is 0 Å². The molecule has 2 N–H and O–H groups in total. The summed E-state index contributed by atoms with van der Waals surface area (Å²) in [6, 6.07) is 2.04. The van der Waals surface area contributed by atoms with Gasteiger partial charge in [0, 0.05) is 5.54 Å². The minimum absolute atomic E-state index is 0.163. The standard InChI is InChI=1S/C10H18N2O/c1-9(7-11)13-8-10(12)5-3-2-4-6-10/h9H,2-6,8,12H2,1H3. The molecular formula is C10H18N2O. The molecule has 0 saturated heterocycles. The molecule has 0 aliphatic heterocycles. The second kappa shape index (κ2) is 4.59. The molecule has 1 atom stereocenters. The van der Waals surface area contributed by atoms with Crippen LogP contribution in [0.2, 0.25) is 0 Å². The van der Waals surface area contributed by atoms with Crippen molar-refractivity contribution in [2.75, 3.05) is 6.61 Å². The molecule has 13 heavy (non-hydrogen) atoms. The van der Waals surface area contributed by atoms with Crippen LogP contribution in [0.5, 0.6) is 0 Å². The van der Waals surface area contributed by atoms with E-state index in [4.69, 9.17) is 15.7 Å². The molecule has 0 spiro atoms. The van der Waals surface area contributed by atoms with Crippen LogP contribution in [0.1, 0.15) is 39.0 Å². The molecule has 0 aromatic heterocycles. The second-order valence-corrected chi connectivity index (χ2v) is 4.01. The minimum Gasteiger partial charge on any atom is -0.362 e. The predicted octanol–water partition coefficient (Wildman–Crippen LogP) is 1.58. The Bertz CT molecular complexity index is 192. The van der Waals surface area contributed by atoms with Gasteiger partial charge in [0.15, 0.2) is 0 Å². The third kappa shape index (κ3) is 3.33. The SMILES string of the molecule is CC(C#N)OCC1(N)CCCCC1. The molecule has 0 amide bonds. The van der Waals surface area contributed by atoms with E-state index >= 15 is 0 Å². The van der Waals surface area contributed by atoms with Gasteiger partial charge < -0.3 is 10.5 Å². The monoisotopic (exact) mass is 182 g/mol. The fourth-order valence-electron chi connectivity index (χ4n) is 1.73. The summed E-state index contributed by atoms with van der Waals surface area (Å²) in [5.41, 5.74) is 5.96. The summed E-state index contributed by atoms with van der Waals surface area (Å²) in [4.78, 5) is 0. The van der Waals surface area contributed by atoms with E-state index in [1.807, 2.05) is 6.07 Å². The van der Waals surface area contributed by atoms with Crippen LogP contribution in [-0.2, 0) is 4.74 Å². The maximum Gasteiger partial charge on any atom is 0.141 e. The Labute approximate surface area is 79.9 Å². The van der Waals surface area contributed by atoms with Gasteiger partial charge in [-0.1, -0.05) is 19.3 Å². The lowest BCUT2D eigenvalue weighted by atomic mass is 9.83. The van der Waals surface area contributed by atoms with Crippen LogP contribution in [0, 0.1) is 11.3 Å². The first-order chi connectivity index (χ1) is 6.16. The zero-order chi connectivity index (χ0) is 9.73. The van der Waals surface area contributed by atoms with Gasteiger partial charge in [-0.15, -0.1) is 0 Å². The Morgan fingerprint density at radius 2 is 2.08 bits per heavy atom. The minimum atomic E-state index is -0.331. The van der Waals surface area contributed by atoms with Gasteiger partial charge in [0.1, 0.15) is 6.10 Å². The third-order valence-electron chi connectivity index (χ3n) is 2.65. The number of nitrogens with zero attached hydrogens (tertiary/aromatic N) is 1. The summed E-state index contributed by atoms with van der Waals surface area (Å²) >= 11 is 0. The molecule has 1 aliphatic rings. The summed E-state index contributed by atoms with van der Waals surface area (Å²) in [6.07, 6.45) is 5.41. The molecule has 1 rings (SSSR count). The lowest BCUT2D eigenvalue weighted by molar-refractivity contribution is 0.0450. The normalized spacial score (nSPS) is 23.5. The molecule has 0 heterocycles. The van der Waals surface area contributed by atoms with Crippen LogP contribution >= 0.6 is 0 Å². The van der Waals surface area contributed by atoms with Crippen molar-refractivity contribution in [2.45, 2.75) is 50.7 Å². The summed E-state index contributed by atoms with van der Waals surface area (Å²) in [6.45, 7) is 2.29. The first-order valence-corrected chi connectivity index (χ1v) is 4.96. The molecule has 1 aliphatic carbocycles. The Morgan fingerprint density at radius 3 is 2.62 bits per heavy atom. The van der Waals surface area contributed by atoms with Crippen molar-refractivity contribution in [3.63, 3.8) is 0 Å². The van der Waals surface area contributed by atoms with Gasteiger partial charge in [0.2, 0.25) is 0 Å². The Morgan fingerprint density at radius 1 is 1.46 bits per heavy atom. The molecule has 1 unspecified atom stereocenters. The molecule has 1 saturated carbocycles. The Hall–Kier alpha value is -0.590. The number of nitrogens with two attached hydrogens (primary N) is 1. The van der Waals surface area contributed by atoms with E-state index in [1.165, 1.54) is 19.3 Å². The van der Waals surface area contributed by atoms with Crippen molar-refractivity contribution in [2.24, 2.45) is 5.73 Å².